The Kier molecular flexibility index (Phi) is 5.40. The van der Waals surface area contributed by atoms with Gasteiger partial charge in [0.25, 0.3) is 0 Å². The Morgan fingerprint density at radius 1 is 1.37 bits per heavy atom. The summed E-state index contributed by atoms with van der Waals surface area (Å²) in [7, 11) is 0. The molecule has 0 bridgehead atoms. The smallest absolute Gasteiger partial charge is 0.0733 e. The van der Waals surface area contributed by atoms with Crippen molar-refractivity contribution >= 4 is 31.9 Å². The van der Waals surface area contributed by atoms with Gasteiger partial charge >= 0.3 is 0 Å². The lowest BCUT2D eigenvalue weighted by Gasteiger charge is -2.36. The number of halogens is 2. The van der Waals surface area contributed by atoms with Gasteiger partial charge in [-0.15, -0.1) is 0 Å². The molecule has 106 valence electrons. The van der Waals surface area contributed by atoms with Crippen LogP contribution < -0.4 is 5.73 Å². The lowest BCUT2D eigenvalue weighted by molar-refractivity contribution is 0.140. The highest BCUT2D eigenvalue weighted by Gasteiger charge is 2.32. The van der Waals surface area contributed by atoms with Gasteiger partial charge in [-0.3, -0.25) is 9.88 Å². The molecule has 0 saturated carbocycles. The largest absolute Gasteiger partial charge is 0.326 e. The quantitative estimate of drug-likeness (QED) is 0.833. The number of nitrogens with zero attached hydrogens (tertiary/aromatic N) is 2. The molecule has 0 spiro atoms. The molecule has 0 amide bonds. The molecule has 5 heteroatoms. The maximum atomic E-state index is 6.43. The van der Waals surface area contributed by atoms with Crippen molar-refractivity contribution in [3.05, 3.63) is 26.9 Å². The number of rotatable bonds is 2. The lowest BCUT2D eigenvalue weighted by Crippen LogP contribution is -2.43. The summed E-state index contributed by atoms with van der Waals surface area (Å²) in [5.74, 6) is 0. The third-order valence-corrected chi connectivity index (χ3v) is 4.82. The summed E-state index contributed by atoms with van der Waals surface area (Å²) in [5, 5.41) is 0. The number of pyridine rings is 1. The van der Waals surface area contributed by atoms with Crippen molar-refractivity contribution in [1.82, 2.24) is 9.88 Å². The second kappa shape index (κ2) is 6.66. The van der Waals surface area contributed by atoms with E-state index in [1.54, 1.807) is 0 Å². The zero-order valence-corrected chi connectivity index (χ0v) is 14.6. The Hall–Kier alpha value is 0.0300. The molecule has 2 rings (SSSR count). The molecule has 1 aromatic heterocycles. The summed E-state index contributed by atoms with van der Waals surface area (Å²) in [5.41, 5.74) is 7.49. The van der Waals surface area contributed by atoms with Gasteiger partial charge in [0, 0.05) is 27.2 Å². The van der Waals surface area contributed by atoms with Crippen molar-refractivity contribution in [3.63, 3.8) is 0 Å². The molecule has 2 atom stereocenters. The first-order valence-corrected chi connectivity index (χ1v) is 8.41. The molecule has 1 aromatic rings. The fourth-order valence-corrected chi connectivity index (χ4v) is 4.02. The molecule has 2 N–H and O–H groups in total. The molecule has 3 nitrogen and oxygen atoms in total. The summed E-state index contributed by atoms with van der Waals surface area (Å²) < 4.78 is 2.02. The maximum Gasteiger partial charge on any atom is 0.0733 e. The number of likely N-dealkylation sites (tertiary alicyclic amines) is 1. The van der Waals surface area contributed by atoms with E-state index in [4.69, 9.17) is 5.73 Å². The third kappa shape index (κ3) is 3.57. The van der Waals surface area contributed by atoms with Gasteiger partial charge in [0.15, 0.2) is 0 Å². The molecule has 0 radical (unpaired) electrons. The molecule has 0 aliphatic carbocycles. The van der Waals surface area contributed by atoms with Crippen LogP contribution in [0.1, 0.15) is 44.8 Å². The highest BCUT2D eigenvalue weighted by Crippen LogP contribution is 2.34. The van der Waals surface area contributed by atoms with Gasteiger partial charge in [0.05, 0.1) is 11.7 Å². The predicted octanol–water partition coefficient (Wildman–Crippen LogP) is 3.87. The SMILES string of the molecule is CC(C)N1CCCCC(N)C1c1ncc(Br)cc1Br. The lowest BCUT2D eigenvalue weighted by atomic mass is 9.99. The van der Waals surface area contributed by atoms with Gasteiger partial charge in [-0.1, -0.05) is 6.42 Å². The minimum absolute atomic E-state index is 0.148. The molecular formula is C14H21Br2N3. The van der Waals surface area contributed by atoms with Gasteiger partial charge in [-0.2, -0.15) is 0 Å². The normalized spacial score (nSPS) is 25.6. The third-order valence-electron chi connectivity index (χ3n) is 3.75. The van der Waals surface area contributed by atoms with Crippen LogP contribution in [0.5, 0.6) is 0 Å². The molecular weight excluding hydrogens is 370 g/mol. The number of aromatic nitrogens is 1. The Bertz CT molecular complexity index is 437. The fraction of sp³-hybridized carbons (Fsp3) is 0.643. The highest BCUT2D eigenvalue weighted by molar-refractivity contribution is 9.11. The van der Waals surface area contributed by atoms with Gasteiger partial charge in [0.1, 0.15) is 0 Å². The van der Waals surface area contributed by atoms with Crippen molar-refractivity contribution < 1.29 is 0 Å². The van der Waals surface area contributed by atoms with E-state index in [-0.39, 0.29) is 12.1 Å². The molecule has 1 fully saturated rings. The van der Waals surface area contributed by atoms with E-state index in [1.165, 1.54) is 12.8 Å². The number of hydrogen-bond acceptors (Lipinski definition) is 3. The van der Waals surface area contributed by atoms with Crippen LogP contribution in [0.3, 0.4) is 0 Å². The van der Waals surface area contributed by atoms with E-state index < -0.39 is 0 Å². The zero-order valence-electron chi connectivity index (χ0n) is 11.4. The van der Waals surface area contributed by atoms with Gasteiger partial charge in [-0.05, 0) is 71.2 Å². The molecule has 1 aliphatic heterocycles. The topological polar surface area (TPSA) is 42.1 Å². The number of nitrogens with two attached hydrogens (primary N) is 1. The average Bonchev–Trinajstić information content (AvgIpc) is 2.52. The van der Waals surface area contributed by atoms with E-state index in [0.717, 1.165) is 27.6 Å². The summed E-state index contributed by atoms with van der Waals surface area (Å²) in [6.07, 6.45) is 5.35. The van der Waals surface area contributed by atoms with Crippen LogP contribution in [0.25, 0.3) is 0 Å². The second-order valence-electron chi connectivity index (χ2n) is 5.46. The summed E-state index contributed by atoms with van der Waals surface area (Å²) >= 11 is 7.10. The average molecular weight is 391 g/mol. The minimum Gasteiger partial charge on any atom is -0.326 e. The Labute approximate surface area is 132 Å². The molecule has 2 heterocycles. The fourth-order valence-electron chi connectivity index (χ4n) is 2.80. The molecule has 19 heavy (non-hydrogen) atoms. The van der Waals surface area contributed by atoms with Crippen LogP contribution in [0.2, 0.25) is 0 Å². The van der Waals surface area contributed by atoms with Gasteiger partial charge in [-0.25, -0.2) is 0 Å². The predicted molar refractivity (Wildman–Crippen MR) is 86.0 cm³/mol. The maximum absolute atomic E-state index is 6.43. The first kappa shape index (κ1) is 15.4. The van der Waals surface area contributed by atoms with Crippen LogP contribution in [0, 0.1) is 0 Å². The second-order valence-corrected chi connectivity index (χ2v) is 7.23. The van der Waals surface area contributed by atoms with E-state index in [2.05, 4.69) is 61.7 Å². The van der Waals surface area contributed by atoms with E-state index in [9.17, 15) is 0 Å². The van der Waals surface area contributed by atoms with Gasteiger partial charge < -0.3 is 5.73 Å². The Morgan fingerprint density at radius 2 is 2.11 bits per heavy atom. The summed E-state index contributed by atoms with van der Waals surface area (Å²) in [4.78, 5) is 7.10. The first-order valence-electron chi connectivity index (χ1n) is 6.83. The Balaban J connectivity index is 2.40. The van der Waals surface area contributed by atoms with Crippen molar-refractivity contribution in [1.29, 1.82) is 0 Å². The first-order chi connectivity index (χ1) is 9.00. The van der Waals surface area contributed by atoms with Crippen LogP contribution >= 0.6 is 31.9 Å². The molecule has 0 aromatic carbocycles. The minimum atomic E-state index is 0.148. The molecule has 1 saturated heterocycles. The van der Waals surface area contributed by atoms with E-state index in [0.29, 0.717) is 6.04 Å². The molecule has 2 unspecified atom stereocenters. The van der Waals surface area contributed by atoms with Crippen LogP contribution in [-0.2, 0) is 0 Å². The highest BCUT2D eigenvalue weighted by atomic mass is 79.9. The van der Waals surface area contributed by atoms with Crippen molar-refractivity contribution in [2.45, 2.75) is 51.2 Å². The Morgan fingerprint density at radius 3 is 2.74 bits per heavy atom. The van der Waals surface area contributed by atoms with Crippen LogP contribution in [0.15, 0.2) is 21.2 Å². The number of hydrogen-bond donors (Lipinski definition) is 1. The van der Waals surface area contributed by atoms with Crippen molar-refractivity contribution in [2.75, 3.05) is 6.54 Å². The van der Waals surface area contributed by atoms with E-state index in [1.807, 2.05) is 6.20 Å². The zero-order chi connectivity index (χ0) is 14.0. The van der Waals surface area contributed by atoms with Gasteiger partial charge in [0.2, 0.25) is 0 Å². The van der Waals surface area contributed by atoms with Crippen molar-refractivity contribution in [3.8, 4) is 0 Å². The summed E-state index contributed by atoms with van der Waals surface area (Å²) in [6, 6.07) is 2.88. The van der Waals surface area contributed by atoms with Crippen LogP contribution in [-0.4, -0.2) is 28.5 Å². The van der Waals surface area contributed by atoms with E-state index >= 15 is 0 Å². The standard InChI is InChI=1S/C14H21Br2N3/c1-9(2)19-6-4-3-5-12(17)14(19)13-11(16)7-10(15)8-18-13/h7-9,12,14H,3-6,17H2,1-2H3. The van der Waals surface area contributed by atoms with Crippen LogP contribution in [0.4, 0.5) is 0 Å². The van der Waals surface area contributed by atoms with Crippen molar-refractivity contribution in [2.24, 2.45) is 5.73 Å². The monoisotopic (exact) mass is 389 g/mol. The summed E-state index contributed by atoms with van der Waals surface area (Å²) in [6.45, 7) is 5.57. The molecule has 1 aliphatic rings.